The number of hydrogen-bond donors (Lipinski definition) is 1. The highest BCUT2D eigenvalue weighted by molar-refractivity contribution is 5.53. The van der Waals surface area contributed by atoms with Crippen molar-refractivity contribution in [2.75, 3.05) is 13.7 Å². The van der Waals surface area contributed by atoms with Crippen molar-refractivity contribution in [1.82, 2.24) is 5.32 Å². The molecule has 1 saturated carbocycles. The zero-order valence-corrected chi connectivity index (χ0v) is 9.99. The summed E-state index contributed by atoms with van der Waals surface area (Å²) in [4.78, 5) is 0. The van der Waals surface area contributed by atoms with Gasteiger partial charge in [0.25, 0.3) is 0 Å². The van der Waals surface area contributed by atoms with Gasteiger partial charge in [-0.1, -0.05) is 18.2 Å². The minimum absolute atomic E-state index is 0.780. The molecule has 0 saturated heterocycles. The number of ether oxygens (including phenoxy) is 1. The van der Waals surface area contributed by atoms with Gasteiger partial charge in [0.15, 0.2) is 0 Å². The largest absolute Gasteiger partial charge is 0.496 e. The standard InChI is InChI=1S/C14H19NO/c1-11-10-12(5-8-14(11)16-2)4-3-9-15-13-6-7-13/h3-5,8,10,13,15H,6-7,9H2,1-2H3. The summed E-state index contributed by atoms with van der Waals surface area (Å²) in [6.45, 7) is 3.04. The first-order valence-electron chi connectivity index (χ1n) is 5.84. The van der Waals surface area contributed by atoms with E-state index in [1.165, 1.54) is 24.0 Å². The molecular formula is C14H19NO. The molecule has 2 rings (SSSR count). The zero-order valence-electron chi connectivity index (χ0n) is 9.99. The van der Waals surface area contributed by atoms with Gasteiger partial charge in [0.05, 0.1) is 7.11 Å². The van der Waals surface area contributed by atoms with Gasteiger partial charge in [0.1, 0.15) is 5.75 Å². The summed E-state index contributed by atoms with van der Waals surface area (Å²) in [7, 11) is 1.71. The molecule has 1 fully saturated rings. The quantitative estimate of drug-likeness (QED) is 0.819. The molecule has 0 aromatic heterocycles. The molecule has 1 aliphatic rings. The van der Waals surface area contributed by atoms with Gasteiger partial charge in [-0.25, -0.2) is 0 Å². The molecule has 1 aromatic rings. The van der Waals surface area contributed by atoms with Crippen LogP contribution in [0, 0.1) is 6.92 Å². The highest BCUT2D eigenvalue weighted by atomic mass is 16.5. The molecule has 0 amide bonds. The van der Waals surface area contributed by atoms with Crippen molar-refractivity contribution in [3.63, 3.8) is 0 Å². The third-order valence-electron chi connectivity index (χ3n) is 2.83. The van der Waals surface area contributed by atoms with Gasteiger partial charge in [0.2, 0.25) is 0 Å². The van der Waals surface area contributed by atoms with E-state index in [0.29, 0.717) is 0 Å². The van der Waals surface area contributed by atoms with Crippen LogP contribution in [0.15, 0.2) is 24.3 Å². The van der Waals surface area contributed by atoms with E-state index in [2.05, 4.69) is 36.5 Å². The summed E-state index contributed by atoms with van der Waals surface area (Å²) >= 11 is 0. The second kappa shape index (κ2) is 5.17. The summed E-state index contributed by atoms with van der Waals surface area (Å²) in [5.41, 5.74) is 2.41. The molecule has 2 heteroatoms. The average molecular weight is 217 g/mol. The Labute approximate surface area is 97.3 Å². The molecule has 0 unspecified atom stereocenters. The first-order chi connectivity index (χ1) is 7.79. The van der Waals surface area contributed by atoms with Crippen LogP contribution in [0.3, 0.4) is 0 Å². The first-order valence-corrected chi connectivity index (χ1v) is 5.84. The van der Waals surface area contributed by atoms with E-state index in [-0.39, 0.29) is 0 Å². The highest BCUT2D eigenvalue weighted by Crippen LogP contribution is 2.19. The molecule has 0 bridgehead atoms. The predicted octanol–water partition coefficient (Wildman–Crippen LogP) is 2.77. The fourth-order valence-corrected chi connectivity index (χ4v) is 1.72. The van der Waals surface area contributed by atoms with E-state index in [1.807, 2.05) is 6.07 Å². The summed E-state index contributed by atoms with van der Waals surface area (Å²) in [5, 5.41) is 3.45. The molecule has 0 atom stereocenters. The van der Waals surface area contributed by atoms with Crippen LogP contribution in [-0.2, 0) is 0 Å². The van der Waals surface area contributed by atoms with Gasteiger partial charge in [-0.05, 0) is 43.0 Å². The smallest absolute Gasteiger partial charge is 0.121 e. The molecule has 0 spiro atoms. The summed E-state index contributed by atoms with van der Waals surface area (Å²) in [6, 6.07) is 7.03. The van der Waals surface area contributed by atoms with Crippen LogP contribution >= 0.6 is 0 Å². The second-order valence-electron chi connectivity index (χ2n) is 4.31. The molecule has 86 valence electrons. The minimum atomic E-state index is 0.780. The van der Waals surface area contributed by atoms with Crippen molar-refractivity contribution in [1.29, 1.82) is 0 Å². The number of rotatable bonds is 5. The lowest BCUT2D eigenvalue weighted by molar-refractivity contribution is 0.411. The number of nitrogens with one attached hydrogen (secondary N) is 1. The average Bonchev–Trinajstić information content (AvgIpc) is 3.08. The van der Waals surface area contributed by atoms with Crippen LogP contribution < -0.4 is 10.1 Å². The fraction of sp³-hybridized carbons (Fsp3) is 0.429. The lowest BCUT2D eigenvalue weighted by atomic mass is 10.1. The van der Waals surface area contributed by atoms with E-state index in [9.17, 15) is 0 Å². The van der Waals surface area contributed by atoms with Crippen molar-refractivity contribution in [2.24, 2.45) is 0 Å². The molecule has 1 aliphatic carbocycles. The Balaban J connectivity index is 1.89. The van der Waals surface area contributed by atoms with Crippen LogP contribution in [0.1, 0.15) is 24.0 Å². The molecule has 0 heterocycles. The van der Waals surface area contributed by atoms with E-state index in [0.717, 1.165) is 18.3 Å². The van der Waals surface area contributed by atoms with Gasteiger partial charge >= 0.3 is 0 Å². The molecule has 16 heavy (non-hydrogen) atoms. The van der Waals surface area contributed by atoms with Gasteiger partial charge in [-0.15, -0.1) is 0 Å². The third kappa shape index (κ3) is 3.11. The molecule has 2 nitrogen and oxygen atoms in total. The fourth-order valence-electron chi connectivity index (χ4n) is 1.72. The van der Waals surface area contributed by atoms with Crippen LogP contribution in [0.4, 0.5) is 0 Å². The van der Waals surface area contributed by atoms with Gasteiger partial charge in [0, 0.05) is 12.6 Å². The number of methoxy groups -OCH3 is 1. The minimum Gasteiger partial charge on any atom is -0.496 e. The monoisotopic (exact) mass is 217 g/mol. The van der Waals surface area contributed by atoms with E-state index in [1.54, 1.807) is 7.11 Å². The van der Waals surface area contributed by atoms with Crippen LogP contribution in [0.2, 0.25) is 0 Å². The van der Waals surface area contributed by atoms with Gasteiger partial charge in [-0.2, -0.15) is 0 Å². The number of hydrogen-bond acceptors (Lipinski definition) is 2. The third-order valence-corrected chi connectivity index (χ3v) is 2.83. The number of aryl methyl sites for hydroxylation is 1. The molecular weight excluding hydrogens is 198 g/mol. The maximum absolute atomic E-state index is 5.23. The molecule has 1 N–H and O–H groups in total. The Morgan fingerprint density at radius 2 is 2.25 bits per heavy atom. The van der Waals surface area contributed by atoms with E-state index < -0.39 is 0 Å². The molecule has 0 radical (unpaired) electrons. The van der Waals surface area contributed by atoms with Crippen molar-refractivity contribution in [3.8, 4) is 5.75 Å². The normalized spacial score (nSPS) is 15.6. The maximum atomic E-state index is 5.23. The zero-order chi connectivity index (χ0) is 11.4. The van der Waals surface area contributed by atoms with Crippen molar-refractivity contribution < 1.29 is 4.74 Å². The molecule has 0 aliphatic heterocycles. The Kier molecular flexibility index (Phi) is 3.62. The topological polar surface area (TPSA) is 21.3 Å². The van der Waals surface area contributed by atoms with Crippen molar-refractivity contribution in [2.45, 2.75) is 25.8 Å². The summed E-state index contributed by atoms with van der Waals surface area (Å²) < 4.78 is 5.23. The Hall–Kier alpha value is -1.28. The van der Waals surface area contributed by atoms with Crippen LogP contribution in [0.25, 0.3) is 6.08 Å². The maximum Gasteiger partial charge on any atom is 0.121 e. The highest BCUT2D eigenvalue weighted by Gasteiger charge is 2.18. The Bertz CT molecular complexity index is 380. The summed E-state index contributed by atoms with van der Waals surface area (Å²) in [6.07, 6.45) is 7.02. The lowest BCUT2D eigenvalue weighted by Crippen LogP contribution is -2.15. The van der Waals surface area contributed by atoms with Crippen molar-refractivity contribution >= 4 is 6.08 Å². The Morgan fingerprint density at radius 3 is 2.88 bits per heavy atom. The first kappa shape index (κ1) is 11.2. The van der Waals surface area contributed by atoms with Gasteiger partial charge < -0.3 is 10.1 Å². The SMILES string of the molecule is COc1ccc(C=CCNC2CC2)cc1C. The van der Waals surface area contributed by atoms with E-state index >= 15 is 0 Å². The molecule has 1 aromatic carbocycles. The summed E-state index contributed by atoms with van der Waals surface area (Å²) in [5.74, 6) is 0.952. The van der Waals surface area contributed by atoms with Crippen LogP contribution in [-0.4, -0.2) is 19.7 Å². The van der Waals surface area contributed by atoms with Crippen LogP contribution in [0.5, 0.6) is 5.75 Å². The lowest BCUT2D eigenvalue weighted by Gasteiger charge is -2.04. The van der Waals surface area contributed by atoms with Crippen molar-refractivity contribution in [3.05, 3.63) is 35.4 Å². The predicted molar refractivity (Wildman–Crippen MR) is 67.8 cm³/mol. The Morgan fingerprint density at radius 1 is 1.44 bits per heavy atom. The van der Waals surface area contributed by atoms with Gasteiger partial charge in [-0.3, -0.25) is 0 Å². The second-order valence-corrected chi connectivity index (χ2v) is 4.31. The number of benzene rings is 1. The van der Waals surface area contributed by atoms with E-state index in [4.69, 9.17) is 4.74 Å².